The van der Waals surface area contributed by atoms with Crippen LogP contribution in [0, 0.1) is 0 Å². The summed E-state index contributed by atoms with van der Waals surface area (Å²) in [5, 5.41) is 12.1. The molecule has 0 aliphatic heterocycles. The predicted molar refractivity (Wildman–Crippen MR) is 274 cm³/mol. The van der Waals surface area contributed by atoms with Gasteiger partial charge in [0, 0.05) is 84.6 Å². The molecule has 0 radical (unpaired) electrons. The van der Waals surface area contributed by atoms with Gasteiger partial charge in [-0.3, -0.25) is 0 Å². The van der Waals surface area contributed by atoms with E-state index in [0.717, 1.165) is 78.0 Å². The molecule has 10 aromatic carbocycles. The molecule has 0 atom stereocenters. The van der Waals surface area contributed by atoms with Gasteiger partial charge in [0.15, 0.2) is 11.2 Å². The minimum absolute atomic E-state index is 0.882. The first kappa shape index (κ1) is 35.7. The fourth-order valence-electron chi connectivity index (χ4n) is 9.87. The molecule has 0 aliphatic rings. The van der Waals surface area contributed by atoms with Gasteiger partial charge in [0.1, 0.15) is 11.2 Å². The van der Waals surface area contributed by atoms with E-state index in [-0.39, 0.29) is 0 Å². The highest BCUT2D eigenvalue weighted by molar-refractivity contribution is 7.26. The van der Waals surface area contributed by atoms with Gasteiger partial charge in [-0.25, -0.2) is 0 Å². The van der Waals surface area contributed by atoms with Gasteiger partial charge in [-0.2, -0.15) is 0 Å². The molecular formula is C58H34N2O2S2. The quantitative estimate of drug-likeness (QED) is 0.167. The second-order valence-electron chi connectivity index (χ2n) is 16.5. The van der Waals surface area contributed by atoms with Crippen LogP contribution in [0.2, 0.25) is 0 Å². The number of furan rings is 2. The van der Waals surface area contributed by atoms with Crippen molar-refractivity contribution in [3.05, 3.63) is 206 Å². The molecule has 0 amide bonds. The fraction of sp³-hybridized carbons (Fsp3) is 0. The summed E-state index contributed by atoms with van der Waals surface area (Å²) in [7, 11) is 0. The minimum Gasteiger partial charge on any atom is -0.454 e. The Morgan fingerprint density at radius 3 is 1.17 bits per heavy atom. The number of hydrogen-bond donors (Lipinski definition) is 0. The van der Waals surface area contributed by atoms with E-state index in [1.54, 1.807) is 0 Å². The summed E-state index contributed by atoms with van der Waals surface area (Å²) in [5.41, 5.74) is 9.93. The molecule has 6 heteroatoms. The first-order chi connectivity index (χ1) is 31.7. The van der Waals surface area contributed by atoms with E-state index < -0.39 is 0 Å². The van der Waals surface area contributed by atoms with E-state index in [2.05, 4.69) is 192 Å². The maximum absolute atomic E-state index is 6.57. The highest BCUT2D eigenvalue weighted by Crippen LogP contribution is 2.48. The molecule has 0 bridgehead atoms. The zero-order valence-electron chi connectivity index (χ0n) is 34.2. The van der Waals surface area contributed by atoms with Crippen LogP contribution >= 0.6 is 22.7 Å². The molecule has 0 saturated carbocycles. The first-order valence-corrected chi connectivity index (χ1v) is 23.1. The standard InChI is InChI=1S/C58H34N2O2S2/c1-3-13-37(14-4-1)59(49-21-11-19-45-41-17-7-9-23-51(41)61-57(45)49)39-25-27-43-47-29-35-30-48-44-28-26-40(34-56(44)64-54(48)32-36(35)31-53(47)63-55(43)33-39)60(38-15-5-2-6-16-38)50-22-12-20-46-42-18-8-10-24-52(42)62-58(46)50/h1-34H. The van der Waals surface area contributed by atoms with E-state index in [9.17, 15) is 0 Å². The second-order valence-corrected chi connectivity index (χ2v) is 18.6. The SMILES string of the molecule is c1ccc(N(c2ccc3c(c2)sc2cc4cc5sc6cc(N(c7ccccc7)c7cccc8c7oc7ccccc78)ccc6c5cc4cc23)c2cccc3c2oc2ccccc23)cc1. The van der Waals surface area contributed by atoms with E-state index in [0.29, 0.717) is 0 Å². The Balaban J connectivity index is 0.884. The fourth-order valence-corrected chi connectivity index (χ4v) is 12.2. The van der Waals surface area contributed by atoms with Gasteiger partial charge in [0.05, 0.1) is 11.4 Å². The average molecular weight is 855 g/mol. The zero-order chi connectivity index (χ0) is 41.9. The first-order valence-electron chi connectivity index (χ1n) is 21.5. The van der Waals surface area contributed by atoms with Gasteiger partial charge >= 0.3 is 0 Å². The molecule has 0 N–H and O–H groups in total. The molecule has 0 aliphatic carbocycles. The van der Waals surface area contributed by atoms with Gasteiger partial charge in [-0.05, 0) is 108 Å². The molecule has 0 unspecified atom stereocenters. The number of para-hydroxylation sites is 6. The summed E-state index contributed by atoms with van der Waals surface area (Å²) < 4.78 is 18.2. The Labute approximate surface area is 374 Å². The third-order valence-electron chi connectivity index (χ3n) is 12.8. The van der Waals surface area contributed by atoms with Crippen LogP contribution in [-0.4, -0.2) is 0 Å². The summed E-state index contributed by atoms with van der Waals surface area (Å²) in [5.74, 6) is 0. The number of thiophene rings is 2. The minimum atomic E-state index is 0.882. The van der Waals surface area contributed by atoms with Crippen molar-refractivity contribution in [2.45, 2.75) is 0 Å². The molecule has 4 aromatic heterocycles. The summed E-state index contributed by atoms with van der Waals surface area (Å²) in [6, 6.07) is 74.1. The Kier molecular flexibility index (Phi) is 7.69. The molecule has 0 spiro atoms. The number of benzene rings is 10. The smallest absolute Gasteiger partial charge is 0.159 e. The third kappa shape index (κ3) is 5.40. The Hall–Kier alpha value is -7.90. The normalized spacial score (nSPS) is 12.1. The molecule has 14 rings (SSSR count). The molecule has 0 fully saturated rings. The van der Waals surface area contributed by atoms with Gasteiger partial charge in [-0.1, -0.05) is 109 Å². The molecular weight excluding hydrogens is 821 g/mol. The zero-order valence-corrected chi connectivity index (χ0v) is 35.8. The lowest BCUT2D eigenvalue weighted by molar-refractivity contribution is 0.668. The third-order valence-corrected chi connectivity index (χ3v) is 15.0. The van der Waals surface area contributed by atoms with Crippen LogP contribution in [-0.2, 0) is 0 Å². The van der Waals surface area contributed by atoms with Crippen molar-refractivity contribution in [1.82, 2.24) is 0 Å². The van der Waals surface area contributed by atoms with Crippen molar-refractivity contribution in [1.29, 1.82) is 0 Å². The molecule has 0 saturated heterocycles. The summed E-state index contributed by atoms with van der Waals surface area (Å²) in [6.07, 6.45) is 0. The van der Waals surface area contributed by atoms with Crippen molar-refractivity contribution >= 4 is 152 Å². The van der Waals surface area contributed by atoms with Crippen LogP contribution < -0.4 is 9.80 Å². The van der Waals surface area contributed by atoms with E-state index in [1.807, 2.05) is 46.9 Å². The predicted octanol–water partition coefficient (Wildman–Crippen LogP) is 18.3. The van der Waals surface area contributed by atoms with E-state index in [1.165, 1.54) is 51.1 Å². The van der Waals surface area contributed by atoms with Crippen LogP contribution in [0.25, 0.3) is 95.0 Å². The van der Waals surface area contributed by atoms with Crippen molar-refractivity contribution in [2.24, 2.45) is 0 Å². The average Bonchev–Trinajstić information content (AvgIpc) is 4.11. The van der Waals surface area contributed by atoms with Gasteiger partial charge in [-0.15, -0.1) is 22.7 Å². The maximum Gasteiger partial charge on any atom is 0.159 e. The number of hydrogen-bond acceptors (Lipinski definition) is 6. The van der Waals surface area contributed by atoms with E-state index >= 15 is 0 Å². The lowest BCUT2D eigenvalue weighted by atomic mass is 10.0. The van der Waals surface area contributed by atoms with Crippen molar-refractivity contribution < 1.29 is 8.83 Å². The van der Waals surface area contributed by atoms with Crippen LogP contribution in [0.5, 0.6) is 0 Å². The monoisotopic (exact) mass is 854 g/mol. The van der Waals surface area contributed by atoms with Crippen molar-refractivity contribution in [3.8, 4) is 0 Å². The van der Waals surface area contributed by atoms with Gasteiger partial charge < -0.3 is 18.6 Å². The lowest BCUT2D eigenvalue weighted by Gasteiger charge is -2.25. The molecule has 4 heterocycles. The molecule has 4 nitrogen and oxygen atoms in total. The number of fused-ring (bicyclic) bond motifs is 13. The Morgan fingerprint density at radius 1 is 0.281 bits per heavy atom. The van der Waals surface area contributed by atoms with Crippen molar-refractivity contribution in [2.75, 3.05) is 9.80 Å². The lowest BCUT2D eigenvalue weighted by Crippen LogP contribution is -2.09. The molecule has 14 aromatic rings. The van der Waals surface area contributed by atoms with Crippen LogP contribution in [0.3, 0.4) is 0 Å². The van der Waals surface area contributed by atoms with E-state index in [4.69, 9.17) is 8.83 Å². The number of rotatable bonds is 6. The van der Waals surface area contributed by atoms with Crippen LogP contribution in [0.1, 0.15) is 0 Å². The van der Waals surface area contributed by atoms with Crippen LogP contribution in [0.15, 0.2) is 215 Å². The maximum atomic E-state index is 6.57. The Morgan fingerprint density at radius 2 is 0.688 bits per heavy atom. The highest BCUT2D eigenvalue weighted by Gasteiger charge is 2.22. The molecule has 64 heavy (non-hydrogen) atoms. The topological polar surface area (TPSA) is 32.8 Å². The van der Waals surface area contributed by atoms with Gasteiger partial charge in [0.25, 0.3) is 0 Å². The summed E-state index contributed by atoms with van der Waals surface area (Å²) >= 11 is 3.72. The number of nitrogens with zero attached hydrogens (tertiary/aromatic N) is 2. The Bertz CT molecular complexity index is 3900. The largest absolute Gasteiger partial charge is 0.454 e. The van der Waals surface area contributed by atoms with Crippen molar-refractivity contribution in [3.63, 3.8) is 0 Å². The second kappa shape index (κ2) is 13.8. The molecule has 300 valence electrons. The highest BCUT2D eigenvalue weighted by atomic mass is 32.1. The van der Waals surface area contributed by atoms with Gasteiger partial charge in [0.2, 0.25) is 0 Å². The van der Waals surface area contributed by atoms with Crippen LogP contribution in [0.4, 0.5) is 34.1 Å². The summed E-state index contributed by atoms with van der Waals surface area (Å²) in [4.78, 5) is 4.65. The summed E-state index contributed by atoms with van der Waals surface area (Å²) in [6.45, 7) is 0. The number of anilines is 6.